The molecule has 0 aromatic rings. The summed E-state index contributed by atoms with van der Waals surface area (Å²) in [6.07, 6.45) is 6.12. The molecule has 2 aliphatic rings. The third kappa shape index (κ3) is 5.83. The molecule has 21 heavy (non-hydrogen) atoms. The maximum absolute atomic E-state index is 11.8. The number of hydrogen-bond donors (Lipinski definition) is 2. The minimum atomic E-state index is -0.445. The lowest BCUT2D eigenvalue weighted by atomic mass is 9.83. The zero-order chi connectivity index (χ0) is 15.3. The quantitative estimate of drug-likeness (QED) is 0.818. The van der Waals surface area contributed by atoms with Gasteiger partial charge in [0, 0.05) is 12.6 Å². The Morgan fingerprint density at radius 2 is 1.90 bits per heavy atom. The van der Waals surface area contributed by atoms with Crippen LogP contribution in [0.25, 0.3) is 0 Å². The molecule has 1 atom stereocenters. The number of hydrogen-bond acceptors (Lipinski definition) is 4. The van der Waals surface area contributed by atoms with E-state index < -0.39 is 5.60 Å². The summed E-state index contributed by atoms with van der Waals surface area (Å²) in [5.41, 5.74) is -0.445. The first-order valence-electron chi connectivity index (χ1n) is 8.25. The van der Waals surface area contributed by atoms with Crippen molar-refractivity contribution in [3.63, 3.8) is 0 Å². The second kappa shape index (κ2) is 7.45. The monoisotopic (exact) mass is 298 g/mol. The lowest BCUT2D eigenvalue weighted by Gasteiger charge is -2.37. The average Bonchev–Trinajstić information content (AvgIpc) is 2.35. The Labute approximate surface area is 128 Å². The maximum Gasteiger partial charge on any atom is 0.407 e. The molecule has 0 aromatic carbocycles. The molecule has 0 radical (unpaired) electrons. The van der Waals surface area contributed by atoms with Crippen LogP contribution in [0.15, 0.2) is 0 Å². The van der Waals surface area contributed by atoms with Crippen LogP contribution in [-0.2, 0) is 9.47 Å². The van der Waals surface area contributed by atoms with Crippen molar-refractivity contribution in [3.05, 3.63) is 0 Å². The van der Waals surface area contributed by atoms with Crippen LogP contribution in [0.5, 0.6) is 0 Å². The molecule has 122 valence electrons. The zero-order valence-electron chi connectivity index (χ0n) is 13.6. The van der Waals surface area contributed by atoms with Gasteiger partial charge in [0.05, 0.1) is 19.3 Å². The smallest absolute Gasteiger partial charge is 0.407 e. The first-order chi connectivity index (χ1) is 9.94. The molecule has 1 aliphatic carbocycles. The molecule has 0 bridgehead atoms. The molecule has 5 nitrogen and oxygen atoms in total. The Hall–Kier alpha value is -0.810. The third-order valence-electron chi connectivity index (χ3n) is 4.17. The van der Waals surface area contributed by atoms with E-state index in [9.17, 15) is 4.79 Å². The fourth-order valence-electron chi connectivity index (χ4n) is 3.04. The second-order valence-corrected chi connectivity index (χ2v) is 7.29. The van der Waals surface area contributed by atoms with E-state index in [0.29, 0.717) is 24.5 Å². The predicted molar refractivity (Wildman–Crippen MR) is 82.3 cm³/mol. The van der Waals surface area contributed by atoms with E-state index in [-0.39, 0.29) is 6.09 Å². The van der Waals surface area contributed by atoms with E-state index in [4.69, 9.17) is 9.47 Å². The van der Waals surface area contributed by atoms with Gasteiger partial charge in [0.15, 0.2) is 0 Å². The number of nitrogens with one attached hydrogen (secondary N) is 2. The van der Waals surface area contributed by atoms with Crippen molar-refractivity contribution in [2.24, 2.45) is 5.92 Å². The van der Waals surface area contributed by atoms with E-state index in [2.05, 4.69) is 10.6 Å². The van der Waals surface area contributed by atoms with E-state index in [0.717, 1.165) is 13.2 Å². The molecule has 2 fully saturated rings. The Morgan fingerprint density at radius 1 is 1.24 bits per heavy atom. The Kier molecular flexibility index (Phi) is 5.88. The molecule has 1 amide bonds. The van der Waals surface area contributed by atoms with Gasteiger partial charge in [-0.15, -0.1) is 0 Å². The molecular formula is C16H30N2O3. The molecule has 5 heteroatoms. The van der Waals surface area contributed by atoms with E-state index in [1.54, 1.807) is 0 Å². The zero-order valence-corrected chi connectivity index (χ0v) is 13.6. The van der Waals surface area contributed by atoms with Crippen LogP contribution >= 0.6 is 0 Å². The largest absolute Gasteiger partial charge is 0.444 e. The highest BCUT2D eigenvalue weighted by atomic mass is 16.6. The summed E-state index contributed by atoms with van der Waals surface area (Å²) >= 11 is 0. The van der Waals surface area contributed by atoms with Crippen LogP contribution in [0.3, 0.4) is 0 Å². The van der Waals surface area contributed by atoms with Crippen LogP contribution in [0, 0.1) is 5.92 Å². The van der Waals surface area contributed by atoms with Crippen LogP contribution in [0.1, 0.15) is 52.9 Å². The van der Waals surface area contributed by atoms with Crippen LogP contribution in [-0.4, -0.2) is 43.5 Å². The number of ether oxygens (including phenoxy) is 2. The molecule has 1 saturated heterocycles. The molecule has 1 unspecified atom stereocenters. The highest BCUT2D eigenvalue weighted by Crippen LogP contribution is 2.27. The van der Waals surface area contributed by atoms with Crippen LogP contribution < -0.4 is 10.6 Å². The van der Waals surface area contributed by atoms with E-state index in [1.165, 1.54) is 32.1 Å². The van der Waals surface area contributed by atoms with Crippen molar-refractivity contribution in [2.75, 3.05) is 19.8 Å². The number of carbonyl (C=O) groups excluding carboxylic acids is 1. The van der Waals surface area contributed by atoms with Gasteiger partial charge in [-0.2, -0.15) is 0 Å². The summed E-state index contributed by atoms with van der Waals surface area (Å²) in [6.45, 7) is 7.86. The van der Waals surface area contributed by atoms with Gasteiger partial charge in [0.2, 0.25) is 0 Å². The fourth-order valence-corrected chi connectivity index (χ4v) is 3.04. The summed E-state index contributed by atoms with van der Waals surface area (Å²) in [5.74, 6) is 0.647. The van der Waals surface area contributed by atoms with Crippen molar-refractivity contribution in [3.8, 4) is 0 Å². The van der Waals surface area contributed by atoms with Gasteiger partial charge < -0.3 is 20.1 Å². The summed E-state index contributed by atoms with van der Waals surface area (Å²) in [5, 5.41) is 6.57. The second-order valence-electron chi connectivity index (χ2n) is 7.29. The van der Waals surface area contributed by atoms with Crippen LogP contribution in [0.2, 0.25) is 0 Å². The van der Waals surface area contributed by atoms with Gasteiger partial charge in [-0.3, -0.25) is 0 Å². The molecule has 1 aliphatic heterocycles. The van der Waals surface area contributed by atoms with E-state index >= 15 is 0 Å². The first kappa shape index (κ1) is 16.6. The normalized spacial score (nSPS) is 22.4. The Morgan fingerprint density at radius 3 is 2.43 bits per heavy atom. The standard InChI is InChI=1S/C16H30N2O3/c1-16(2,3)21-15(19)17-9-14(18-13-10-20-11-13)12-7-5-4-6-8-12/h12-14,18H,4-11H2,1-3H3,(H,17,19). The number of amides is 1. The van der Waals surface area contributed by atoms with Gasteiger partial charge in [-0.25, -0.2) is 4.79 Å². The summed E-state index contributed by atoms with van der Waals surface area (Å²) in [7, 11) is 0. The molecule has 2 rings (SSSR count). The van der Waals surface area contributed by atoms with Gasteiger partial charge in [-0.1, -0.05) is 19.3 Å². The van der Waals surface area contributed by atoms with Crippen molar-refractivity contribution in [1.82, 2.24) is 10.6 Å². The minimum Gasteiger partial charge on any atom is -0.444 e. The Balaban J connectivity index is 1.81. The van der Waals surface area contributed by atoms with Gasteiger partial charge in [0.1, 0.15) is 5.60 Å². The molecule has 0 aromatic heterocycles. The molecule has 2 N–H and O–H groups in total. The van der Waals surface area contributed by atoms with Crippen molar-refractivity contribution >= 4 is 6.09 Å². The summed E-state index contributed by atoms with van der Waals surface area (Å²) in [6, 6.07) is 0.768. The fraction of sp³-hybridized carbons (Fsp3) is 0.938. The summed E-state index contributed by atoms with van der Waals surface area (Å²) in [4.78, 5) is 11.8. The SMILES string of the molecule is CC(C)(C)OC(=O)NCC(NC1COC1)C1CCCCC1. The molecule has 1 heterocycles. The topological polar surface area (TPSA) is 59.6 Å². The molecule has 0 spiro atoms. The third-order valence-corrected chi connectivity index (χ3v) is 4.17. The minimum absolute atomic E-state index is 0.324. The number of carbonyl (C=O) groups is 1. The average molecular weight is 298 g/mol. The van der Waals surface area contributed by atoms with Gasteiger partial charge in [-0.05, 0) is 39.5 Å². The predicted octanol–water partition coefficient (Wildman–Crippen LogP) is 2.45. The van der Waals surface area contributed by atoms with Gasteiger partial charge in [0.25, 0.3) is 0 Å². The highest BCUT2D eigenvalue weighted by molar-refractivity contribution is 5.67. The molecular weight excluding hydrogens is 268 g/mol. The highest BCUT2D eigenvalue weighted by Gasteiger charge is 2.29. The molecule has 1 saturated carbocycles. The van der Waals surface area contributed by atoms with Crippen molar-refractivity contribution in [2.45, 2.75) is 70.6 Å². The van der Waals surface area contributed by atoms with Gasteiger partial charge >= 0.3 is 6.09 Å². The van der Waals surface area contributed by atoms with E-state index in [1.807, 2.05) is 20.8 Å². The number of alkyl carbamates (subject to hydrolysis) is 1. The lowest BCUT2D eigenvalue weighted by Crippen LogP contribution is -2.56. The van der Waals surface area contributed by atoms with Crippen molar-refractivity contribution < 1.29 is 14.3 Å². The number of rotatable bonds is 5. The summed E-state index contributed by atoms with van der Waals surface area (Å²) < 4.78 is 10.6. The van der Waals surface area contributed by atoms with Crippen molar-refractivity contribution in [1.29, 1.82) is 0 Å². The van der Waals surface area contributed by atoms with Crippen LogP contribution in [0.4, 0.5) is 4.79 Å². The maximum atomic E-state index is 11.8. The first-order valence-corrected chi connectivity index (χ1v) is 8.25. The lowest BCUT2D eigenvalue weighted by molar-refractivity contribution is -0.0146. The Bertz CT molecular complexity index is 331.